The molecule has 20 heavy (non-hydrogen) atoms. The maximum Gasteiger partial charge on any atom is 0.248 e. The molecule has 0 aromatic heterocycles. The van der Waals surface area contributed by atoms with Crippen molar-refractivity contribution in [3.05, 3.63) is 29.8 Å². The van der Waals surface area contributed by atoms with Gasteiger partial charge in [0, 0.05) is 17.3 Å². The lowest BCUT2D eigenvalue weighted by atomic mass is 9.89. The molecule has 3 heteroatoms. The van der Waals surface area contributed by atoms with Gasteiger partial charge in [0.2, 0.25) is 5.91 Å². The van der Waals surface area contributed by atoms with Crippen LogP contribution in [0, 0.1) is 11.8 Å². The second-order valence-electron chi connectivity index (χ2n) is 6.30. The molecule has 0 radical (unpaired) electrons. The molecule has 1 saturated carbocycles. The highest BCUT2D eigenvalue weighted by molar-refractivity contribution is 5.93. The van der Waals surface area contributed by atoms with E-state index in [9.17, 15) is 4.79 Å². The first-order valence-electron chi connectivity index (χ1n) is 7.72. The summed E-state index contributed by atoms with van der Waals surface area (Å²) in [5.74, 6) is 1.28. The molecule has 1 aromatic rings. The number of carbonyl (C=O) groups excluding carboxylic acids is 1. The molecule has 1 aromatic carbocycles. The molecule has 0 heterocycles. The van der Waals surface area contributed by atoms with E-state index in [1.54, 1.807) is 6.07 Å². The standard InChI is InChI=1S/C17H26N2O/c1-12(2)13-5-3-7-15(10-9-13)19-16-8-4-6-14(11-16)17(18)20/h4,6,8,11-13,15,19H,3,5,7,9-10H2,1-2H3,(H2,18,20). The number of amides is 1. The van der Waals surface area contributed by atoms with E-state index in [0.29, 0.717) is 11.6 Å². The predicted octanol–water partition coefficient (Wildman–Crippen LogP) is 3.80. The van der Waals surface area contributed by atoms with Crippen LogP contribution in [-0.2, 0) is 0 Å². The summed E-state index contributed by atoms with van der Waals surface area (Å²) in [6.07, 6.45) is 6.35. The molecule has 3 N–H and O–H groups in total. The first kappa shape index (κ1) is 14.9. The van der Waals surface area contributed by atoms with Gasteiger partial charge in [-0.05, 0) is 49.3 Å². The summed E-state index contributed by atoms with van der Waals surface area (Å²) in [6.45, 7) is 4.66. The molecular formula is C17H26N2O. The molecule has 1 amide bonds. The van der Waals surface area contributed by atoms with Crippen LogP contribution in [0.4, 0.5) is 5.69 Å². The topological polar surface area (TPSA) is 55.1 Å². The fourth-order valence-corrected chi connectivity index (χ4v) is 3.14. The number of primary amides is 1. The Morgan fingerprint density at radius 2 is 2.05 bits per heavy atom. The van der Waals surface area contributed by atoms with Crippen molar-refractivity contribution in [2.24, 2.45) is 17.6 Å². The SMILES string of the molecule is CC(C)C1CCCC(Nc2cccc(C(N)=O)c2)CC1. The Balaban J connectivity index is 1.96. The molecule has 0 saturated heterocycles. The molecule has 110 valence electrons. The van der Waals surface area contributed by atoms with E-state index in [-0.39, 0.29) is 5.91 Å². The summed E-state index contributed by atoms with van der Waals surface area (Å²) >= 11 is 0. The normalized spacial score (nSPS) is 23.4. The van der Waals surface area contributed by atoms with Gasteiger partial charge in [-0.2, -0.15) is 0 Å². The zero-order chi connectivity index (χ0) is 14.5. The Labute approximate surface area is 121 Å². The van der Waals surface area contributed by atoms with Gasteiger partial charge in [-0.1, -0.05) is 32.8 Å². The molecule has 0 aliphatic heterocycles. The van der Waals surface area contributed by atoms with Gasteiger partial charge in [0.1, 0.15) is 0 Å². The van der Waals surface area contributed by atoms with Gasteiger partial charge in [0.05, 0.1) is 0 Å². The first-order valence-corrected chi connectivity index (χ1v) is 7.72. The number of rotatable bonds is 4. The quantitative estimate of drug-likeness (QED) is 0.820. The van der Waals surface area contributed by atoms with Crippen LogP contribution in [0.2, 0.25) is 0 Å². The van der Waals surface area contributed by atoms with E-state index >= 15 is 0 Å². The molecular weight excluding hydrogens is 248 g/mol. The smallest absolute Gasteiger partial charge is 0.248 e. The third-order valence-electron chi connectivity index (χ3n) is 4.47. The van der Waals surface area contributed by atoms with E-state index in [1.807, 2.05) is 18.2 Å². The van der Waals surface area contributed by atoms with Gasteiger partial charge in [-0.3, -0.25) is 4.79 Å². The van der Waals surface area contributed by atoms with Gasteiger partial charge in [0.15, 0.2) is 0 Å². The van der Waals surface area contributed by atoms with Crippen molar-refractivity contribution in [1.82, 2.24) is 0 Å². The van der Waals surface area contributed by atoms with Crippen molar-refractivity contribution in [3.8, 4) is 0 Å². The number of carbonyl (C=O) groups is 1. The zero-order valence-corrected chi connectivity index (χ0v) is 12.6. The molecule has 0 bridgehead atoms. The van der Waals surface area contributed by atoms with E-state index < -0.39 is 0 Å². The number of anilines is 1. The Kier molecular flexibility index (Phi) is 5.05. The molecule has 1 aliphatic carbocycles. The lowest BCUT2D eigenvalue weighted by molar-refractivity contribution is 0.100. The molecule has 3 nitrogen and oxygen atoms in total. The number of nitrogens with two attached hydrogens (primary N) is 1. The highest BCUT2D eigenvalue weighted by atomic mass is 16.1. The van der Waals surface area contributed by atoms with Crippen LogP contribution in [0.5, 0.6) is 0 Å². The zero-order valence-electron chi connectivity index (χ0n) is 12.6. The van der Waals surface area contributed by atoms with Crippen LogP contribution in [0.1, 0.15) is 56.3 Å². The van der Waals surface area contributed by atoms with Crippen molar-refractivity contribution in [2.75, 3.05) is 5.32 Å². The highest BCUT2D eigenvalue weighted by Gasteiger charge is 2.20. The molecule has 2 rings (SSSR count). The third kappa shape index (κ3) is 3.99. The molecule has 2 atom stereocenters. The fraction of sp³-hybridized carbons (Fsp3) is 0.588. The van der Waals surface area contributed by atoms with Crippen LogP contribution in [0.25, 0.3) is 0 Å². The van der Waals surface area contributed by atoms with Crippen LogP contribution >= 0.6 is 0 Å². The van der Waals surface area contributed by atoms with Crippen LogP contribution in [-0.4, -0.2) is 11.9 Å². The van der Waals surface area contributed by atoms with Crippen LogP contribution in [0.15, 0.2) is 24.3 Å². The summed E-state index contributed by atoms with van der Waals surface area (Å²) in [5, 5.41) is 3.57. The highest BCUT2D eigenvalue weighted by Crippen LogP contribution is 2.30. The van der Waals surface area contributed by atoms with Crippen molar-refractivity contribution in [1.29, 1.82) is 0 Å². The average molecular weight is 274 g/mol. The number of benzene rings is 1. The molecule has 0 spiro atoms. The first-order chi connectivity index (χ1) is 9.56. The lowest BCUT2D eigenvalue weighted by Crippen LogP contribution is -2.19. The van der Waals surface area contributed by atoms with Gasteiger partial charge < -0.3 is 11.1 Å². The second kappa shape index (κ2) is 6.78. The van der Waals surface area contributed by atoms with Crippen LogP contribution < -0.4 is 11.1 Å². The Bertz CT molecular complexity index is 456. The summed E-state index contributed by atoms with van der Waals surface area (Å²) < 4.78 is 0. The monoisotopic (exact) mass is 274 g/mol. The van der Waals surface area contributed by atoms with Crippen LogP contribution in [0.3, 0.4) is 0 Å². The number of hydrogen-bond donors (Lipinski definition) is 2. The third-order valence-corrected chi connectivity index (χ3v) is 4.47. The second-order valence-corrected chi connectivity index (χ2v) is 6.30. The Hall–Kier alpha value is -1.51. The Morgan fingerprint density at radius 1 is 1.25 bits per heavy atom. The van der Waals surface area contributed by atoms with Crippen molar-refractivity contribution < 1.29 is 4.79 Å². The molecule has 1 fully saturated rings. The van der Waals surface area contributed by atoms with Crippen molar-refractivity contribution in [3.63, 3.8) is 0 Å². The maximum absolute atomic E-state index is 11.2. The number of hydrogen-bond acceptors (Lipinski definition) is 2. The average Bonchev–Trinajstić information content (AvgIpc) is 2.65. The van der Waals surface area contributed by atoms with Gasteiger partial charge in [-0.25, -0.2) is 0 Å². The largest absolute Gasteiger partial charge is 0.382 e. The number of nitrogens with one attached hydrogen (secondary N) is 1. The molecule has 1 aliphatic rings. The minimum Gasteiger partial charge on any atom is -0.382 e. The van der Waals surface area contributed by atoms with Gasteiger partial charge >= 0.3 is 0 Å². The van der Waals surface area contributed by atoms with E-state index in [2.05, 4.69) is 19.2 Å². The minimum absolute atomic E-state index is 0.366. The fourth-order valence-electron chi connectivity index (χ4n) is 3.14. The maximum atomic E-state index is 11.2. The minimum atomic E-state index is -0.366. The van der Waals surface area contributed by atoms with E-state index in [0.717, 1.165) is 17.5 Å². The summed E-state index contributed by atoms with van der Waals surface area (Å²) in [7, 11) is 0. The van der Waals surface area contributed by atoms with Crippen molar-refractivity contribution in [2.45, 2.75) is 52.0 Å². The van der Waals surface area contributed by atoms with E-state index in [4.69, 9.17) is 5.73 Å². The van der Waals surface area contributed by atoms with Crippen molar-refractivity contribution >= 4 is 11.6 Å². The summed E-state index contributed by atoms with van der Waals surface area (Å²) in [6, 6.07) is 8.03. The predicted molar refractivity (Wildman–Crippen MR) is 83.8 cm³/mol. The summed E-state index contributed by atoms with van der Waals surface area (Å²) in [5.41, 5.74) is 6.91. The lowest BCUT2D eigenvalue weighted by Gasteiger charge is -2.20. The summed E-state index contributed by atoms with van der Waals surface area (Å²) in [4.78, 5) is 11.2. The van der Waals surface area contributed by atoms with Gasteiger partial charge in [0.25, 0.3) is 0 Å². The van der Waals surface area contributed by atoms with Gasteiger partial charge in [-0.15, -0.1) is 0 Å². The van der Waals surface area contributed by atoms with E-state index in [1.165, 1.54) is 32.1 Å². The molecule has 2 unspecified atom stereocenters. The Morgan fingerprint density at radius 3 is 2.75 bits per heavy atom.